The summed E-state index contributed by atoms with van der Waals surface area (Å²) < 4.78 is 26.4. The molecule has 0 bridgehead atoms. The molecule has 0 saturated carbocycles. The van der Waals surface area contributed by atoms with E-state index in [9.17, 15) is 13.2 Å². The van der Waals surface area contributed by atoms with E-state index >= 15 is 0 Å². The number of nitrogens with zero attached hydrogens (tertiary/aromatic N) is 3. The SMILES string of the molecule is CCCCS(=O)(=O)N1CCC(C(=O)Nc2ccc(N3CCCCC3)c3ccncc23)CC1. The molecule has 8 heteroatoms. The summed E-state index contributed by atoms with van der Waals surface area (Å²) >= 11 is 0. The minimum Gasteiger partial charge on any atom is -0.371 e. The van der Waals surface area contributed by atoms with Gasteiger partial charge in [0.25, 0.3) is 0 Å². The molecule has 2 fully saturated rings. The third kappa shape index (κ3) is 5.07. The zero-order chi connectivity index (χ0) is 22.6. The first kappa shape index (κ1) is 23.0. The summed E-state index contributed by atoms with van der Waals surface area (Å²) in [6.07, 6.45) is 9.96. The molecule has 2 aliphatic heterocycles. The third-order valence-corrected chi connectivity index (χ3v) is 8.68. The van der Waals surface area contributed by atoms with E-state index in [4.69, 9.17) is 0 Å². The number of nitrogens with one attached hydrogen (secondary N) is 1. The average molecular weight is 459 g/mol. The van der Waals surface area contributed by atoms with Crippen molar-refractivity contribution in [3.8, 4) is 0 Å². The van der Waals surface area contributed by atoms with Crippen LogP contribution in [-0.2, 0) is 14.8 Å². The van der Waals surface area contributed by atoms with Crippen molar-refractivity contribution in [2.45, 2.75) is 51.9 Å². The lowest BCUT2D eigenvalue weighted by Gasteiger charge is -2.31. The van der Waals surface area contributed by atoms with Gasteiger partial charge in [0, 0.05) is 61.0 Å². The predicted molar refractivity (Wildman–Crippen MR) is 129 cm³/mol. The van der Waals surface area contributed by atoms with Crippen LogP contribution >= 0.6 is 0 Å². The Kier molecular flexibility index (Phi) is 7.30. The molecule has 174 valence electrons. The minimum absolute atomic E-state index is 0.0357. The fourth-order valence-corrected chi connectivity index (χ4v) is 6.46. The molecular formula is C24H34N4O3S. The lowest BCUT2D eigenvalue weighted by Crippen LogP contribution is -2.42. The summed E-state index contributed by atoms with van der Waals surface area (Å²) in [6.45, 7) is 4.94. The second kappa shape index (κ2) is 10.2. The third-order valence-electron chi connectivity index (χ3n) is 6.72. The number of benzene rings is 1. The van der Waals surface area contributed by atoms with Crippen molar-refractivity contribution in [1.82, 2.24) is 9.29 Å². The van der Waals surface area contributed by atoms with E-state index < -0.39 is 10.0 Å². The fourth-order valence-electron chi connectivity index (χ4n) is 4.78. The number of carbonyl (C=O) groups is 1. The molecule has 0 aliphatic carbocycles. The lowest BCUT2D eigenvalue weighted by molar-refractivity contribution is -0.120. The quantitative estimate of drug-likeness (QED) is 0.678. The van der Waals surface area contributed by atoms with Crippen molar-refractivity contribution in [2.24, 2.45) is 5.92 Å². The van der Waals surface area contributed by atoms with Crippen LogP contribution in [0.25, 0.3) is 10.8 Å². The molecular weight excluding hydrogens is 424 g/mol. The van der Waals surface area contributed by atoms with Crippen molar-refractivity contribution < 1.29 is 13.2 Å². The lowest BCUT2D eigenvalue weighted by atomic mass is 9.97. The highest BCUT2D eigenvalue weighted by molar-refractivity contribution is 7.89. The summed E-state index contributed by atoms with van der Waals surface area (Å²) in [5.41, 5.74) is 1.97. The van der Waals surface area contributed by atoms with E-state index in [1.54, 1.807) is 10.5 Å². The van der Waals surface area contributed by atoms with Crippen LogP contribution in [-0.4, -0.2) is 55.5 Å². The van der Waals surface area contributed by atoms with Gasteiger partial charge in [0.15, 0.2) is 0 Å². The van der Waals surface area contributed by atoms with Crippen molar-refractivity contribution in [3.63, 3.8) is 0 Å². The molecule has 0 unspecified atom stereocenters. The number of aromatic nitrogens is 1. The number of hydrogen-bond acceptors (Lipinski definition) is 5. The van der Waals surface area contributed by atoms with E-state index in [-0.39, 0.29) is 17.6 Å². The number of pyridine rings is 1. The maximum atomic E-state index is 13.0. The number of sulfonamides is 1. The van der Waals surface area contributed by atoms with E-state index in [1.165, 1.54) is 24.9 Å². The van der Waals surface area contributed by atoms with Gasteiger partial charge in [-0.3, -0.25) is 9.78 Å². The van der Waals surface area contributed by atoms with E-state index in [2.05, 4.69) is 21.3 Å². The van der Waals surface area contributed by atoms with Crippen LogP contribution in [0.3, 0.4) is 0 Å². The highest BCUT2D eigenvalue weighted by Gasteiger charge is 2.31. The monoisotopic (exact) mass is 458 g/mol. The Hall–Kier alpha value is -2.19. The largest absolute Gasteiger partial charge is 0.371 e. The first-order valence-corrected chi connectivity index (χ1v) is 13.5. The van der Waals surface area contributed by atoms with E-state index in [0.717, 1.165) is 36.0 Å². The number of fused-ring (bicyclic) bond motifs is 1. The molecule has 3 heterocycles. The average Bonchev–Trinajstić information content (AvgIpc) is 2.83. The highest BCUT2D eigenvalue weighted by atomic mass is 32.2. The molecule has 7 nitrogen and oxygen atoms in total. The normalized spacial score (nSPS) is 18.7. The molecule has 2 aromatic rings. The van der Waals surface area contributed by atoms with Gasteiger partial charge in [-0.25, -0.2) is 12.7 Å². The Morgan fingerprint density at radius 2 is 1.81 bits per heavy atom. The summed E-state index contributed by atoms with van der Waals surface area (Å²) in [5, 5.41) is 5.16. The number of hydrogen-bond donors (Lipinski definition) is 1. The number of carbonyl (C=O) groups excluding carboxylic acids is 1. The van der Waals surface area contributed by atoms with Gasteiger partial charge in [-0.15, -0.1) is 0 Å². The molecule has 4 rings (SSSR count). The molecule has 0 atom stereocenters. The van der Waals surface area contributed by atoms with Gasteiger partial charge in [0.2, 0.25) is 15.9 Å². The predicted octanol–water partition coefficient (Wildman–Crippen LogP) is 4.01. The zero-order valence-corrected chi connectivity index (χ0v) is 19.7. The van der Waals surface area contributed by atoms with E-state index in [1.807, 2.05) is 25.3 Å². The van der Waals surface area contributed by atoms with Gasteiger partial charge < -0.3 is 10.2 Å². The van der Waals surface area contributed by atoms with Crippen molar-refractivity contribution in [2.75, 3.05) is 42.1 Å². The maximum absolute atomic E-state index is 13.0. The van der Waals surface area contributed by atoms with Gasteiger partial charge >= 0.3 is 0 Å². The molecule has 1 aromatic carbocycles. The molecule has 2 aliphatic rings. The number of piperidine rings is 2. The topological polar surface area (TPSA) is 82.6 Å². The molecule has 1 N–H and O–H groups in total. The molecule has 2 saturated heterocycles. The highest BCUT2D eigenvalue weighted by Crippen LogP contribution is 2.34. The molecule has 1 aromatic heterocycles. The Balaban J connectivity index is 1.44. The number of unbranched alkanes of at least 4 members (excludes halogenated alkanes) is 1. The standard InChI is InChI=1S/C24H34N4O3S/c1-2-3-17-32(30,31)28-15-10-19(11-16-28)24(29)26-22-7-8-23(27-13-5-4-6-14-27)20-9-12-25-18-21(20)22/h7-9,12,18-19H,2-6,10-11,13-17H2,1H3,(H,26,29). The smallest absolute Gasteiger partial charge is 0.227 e. The number of rotatable bonds is 7. The Labute approximate surface area is 191 Å². The number of anilines is 2. The molecule has 0 spiro atoms. The summed E-state index contributed by atoms with van der Waals surface area (Å²) in [7, 11) is -3.21. The van der Waals surface area contributed by atoms with E-state index in [0.29, 0.717) is 32.4 Å². The number of amides is 1. The Morgan fingerprint density at radius 1 is 1.06 bits per heavy atom. The van der Waals surface area contributed by atoms with Crippen LogP contribution in [0.2, 0.25) is 0 Å². The zero-order valence-electron chi connectivity index (χ0n) is 18.9. The Bertz CT molecular complexity index is 1040. The van der Waals surface area contributed by atoms with Gasteiger partial charge in [-0.1, -0.05) is 13.3 Å². The first-order chi connectivity index (χ1) is 15.5. The molecule has 1 amide bonds. The summed E-state index contributed by atoms with van der Waals surface area (Å²) in [5.74, 6) is -0.0180. The van der Waals surface area contributed by atoms with Crippen LogP contribution in [0.1, 0.15) is 51.9 Å². The van der Waals surface area contributed by atoms with Crippen LogP contribution in [0.15, 0.2) is 30.6 Å². The fraction of sp³-hybridized carbons (Fsp3) is 0.583. The first-order valence-electron chi connectivity index (χ1n) is 11.9. The minimum atomic E-state index is -3.21. The Morgan fingerprint density at radius 3 is 2.53 bits per heavy atom. The van der Waals surface area contributed by atoms with Crippen LogP contribution < -0.4 is 10.2 Å². The van der Waals surface area contributed by atoms with Crippen molar-refractivity contribution in [3.05, 3.63) is 30.6 Å². The second-order valence-electron chi connectivity index (χ2n) is 8.93. The maximum Gasteiger partial charge on any atom is 0.227 e. The summed E-state index contributed by atoms with van der Waals surface area (Å²) in [6, 6.07) is 6.11. The molecule has 0 radical (unpaired) electrons. The van der Waals surface area contributed by atoms with Crippen LogP contribution in [0, 0.1) is 5.92 Å². The second-order valence-corrected chi connectivity index (χ2v) is 11.0. The van der Waals surface area contributed by atoms with Gasteiger partial charge in [0.05, 0.1) is 11.4 Å². The van der Waals surface area contributed by atoms with Crippen molar-refractivity contribution >= 4 is 38.1 Å². The summed E-state index contributed by atoms with van der Waals surface area (Å²) in [4.78, 5) is 19.7. The van der Waals surface area contributed by atoms with Crippen molar-refractivity contribution in [1.29, 1.82) is 0 Å². The van der Waals surface area contributed by atoms with Gasteiger partial charge in [0.1, 0.15) is 0 Å². The van der Waals surface area contributed by atoms with Gasteiger partial charge in [-0.2, -0.15) is 0 Å². The van der Waals surface area contributed by atoms with Crippen LogP contribution in [0.4, 0.5) is 11.4 Å². The van der Waals surface area contributed by atoms with Crippen LogP contribution in [0.5, 0.6) is 0 Å². The van der Waals surface area contributed by atoms with Gasteiger partial charge in [-0.05, 0) is 56.7 Å². The molecule has 32 heavy (non-hydrogen) atoms.